The smallest absolute Gasteiger partial charge is 0.118 e. The number of aryl methyl sites for hydroxylation is 1. The number of benzene rings is 2. The first-order valence-electron chi connectivity index (χ1n) is 10.5. The Labute approximate surface area is 167 Å². The van der Waals surface area contributed by atoms with Crippen molar-refractivity contribution in [2.45, 2.75) is 57.7 Å². The van der Waals surface area contributed by atoms with Crippen molar-refractivity contribution in [3.8, 4) is 5.75 Å². The van der Waals surface area contributed by atoms with Crippen molar-refractivity contribution in [1.82, 2.24) is 9.47 Å². The van der Waals surface area contributed by atoms with Gasteiger partial charge >= 0.3 is 0 Å². The Bertz CT molecular complexity index is 1020. The van der Waals surface area contributed by atoms with Crippen LogP contribution in [0.25, 0.3) is 10.9 Å². The van der Waals surface area contributed by atoms with Crippen molar-refractivity contribution in [2.24, 2.45) is 0 Å². The Morgan fingerprint density at radius 3 is 2.64 bits per heavy atom. The zero-order chi connectivity index (χ0) is 19.4. The molecule has 0 radical (unpaired) electrons. The first-order chi connectivity index (χ1) is 13.6. The summed E-state index contributed by atoms with van der Waals surface area (Å²) in [5.74, 6) is 1.39. The van der Waals surface area contributed by atoms with Crippen molar-refractivity contribution >= 4 is 10.9 Å². The number of fused-ring (bicyclic) bond motifs is 6. The van der Waals surface area contributed by atoms with Gasteiger partial charge in [-0.05, 0) is 68.1 Å². The fourth-order valence-electron chi connectivity index (χ4n) is 5.49. The number of nitrogens with zero attached hydrogens (tertiary/aromatic N) is 2. The molecule has 3 heteroatoms. The van der Waals surface area contributed by atoms with Crippen molar-refractivity contribution in [1.29, 1.82) is 0 Å². The average molecular weight is 375 g/mol. The zero-order valence-electron chi connectivity index (χ0n) is 17.4. The molecule has 0 spiro atoms. The van der Waals surface area contributed by atoms with Gasteiger partial charge in [-0.3, -0.25) is 4.90 Å². The van der Waals surface area contributed by atoms with E-state index in [4.69, 9.17) is 4.74 Å². The van der Waals surface area contributed by atoms with E-state index in [2.05, 4.69) is 72.8 Å². The minimum absolute atomic E-state index is 0.462. The maximum absolute atomic E-state index is 5.33. The Balaban J connectivity index is 1.59. The molecule has 3 heterocycles. The lowest BCUT2D eigenvalue weighted by atomic mass is 9.96. The maximum atomic E-state index is 5.33. The van der Waals surface area contributed by atoms with Crippen LogP contribution in [-0.2, 0) is 13.0 Å². The predicted molar refractivity (Wildman–Crippen MR) is 115 cm³/mol. The summed E-state index contributed by atoms with van der Waals surface area (Å²) in [6.45, 7) is 5.59. The number of methoxy groups -OCH3 is 1. The summed E-state index contributed by atoms with van der Waals surface area (Å²) in [4.78, 5) is 2.63. The van der Waals surface area contributed by atoms with E-state index in [0.717, 1.165) is 12.3 Å². The molecule has 0 saturated carbocycles. The van der Waals surface area contributed by atoms with Crippen molar-refractivity contribution in [3.63, 3.8) is 0 Å². The summed E-state index contributed by atoms with van der Waals surface area (Å²) < 4.78 is 7.97. The van der Waals surface area contributed by atoms with Crippen LogP contribution in [-0.4, -0.2) is 29.7 Å². The highest BCUT2D eigenvalue weighted by Crippen LogP contribution is 2.47. The van der Waals surface area contributed by atoms with E-state index < -0.39 is 0 Å². The normalized spacial score (nSPS) is 22.4. The quantitative estimate of drug-likeness (QED) is 0.604. The lowest BCUT2D eigenvalue weighted by Crippen LogP contribution is -2.34. The number of aromatic nitrogens is 1. The fourth-order valence-corrected chi connectivity index (χ4v) is 5.49. The molecule has 2 aliphatic heterocycles. The van der Waals surface area contributed by atoms with Crippen molar-refractivity contribution < 1.29 is 4.74 Å². The molecule has 1 fully saturated rings. The Morgan fingerprint density at radius 1 is 1.11 bits per heavy atom. The molecule has 0 amide bonds. The van der Waals surface area contributed by atoms with E-state index in [9.17, 15) is 0 Å². The molecule has 2 unspecified atom stereocenters. The molecular weight excluding hydrogens is 344 g/mol. The molecule has 5 rings (SSSR count). The van der Waals surface area contributed by atoms with Gasteiger partial charge in [0.05, 0.1) is 7.11 Å². The molecular formula is C25H30N2O. The van der Waals surface area contributed by atoms with Gasteiger partial charge in [-0.15, -0.1) is 0 Å². The second-order valence-electron chi connectivity index (χ2n) is 8.78. The lowest BCUT2D eigenvalue weighted by molar-refractivity contribution is 0.221. The summed E-state index contributed by atoms with van der Waals surface area (Å²) in [5, 5.41) is 1.48. The van der Waals surface area contributed by atoms with Gasteiger partial charge in [0.2, 0.25) is 0 Å². The molecule has 2 aromatic carbocycles. The minimum Gasteiger partial charge on any atom is -0.497 e. The third-order valence-electron chi connectivity index (χ3n) is 7.11. The second-order valence-corrected chi connectivity index (χ2v) is 8.78. The van der Waals surface area contributed by atoms with Gasteiger partial charge in [0.15, 0.2) is 0 Å². The SMILES string of the molecule is COc1ccc([C@@H](C)Cn2c3c(c4cc(C)ccc42)C2CCC(C3)N2C)cc1. The average Bonchev–Trinajstić information content (AvgIpc) is 3.11. The molecule has 1 aromatic heterocycles. The van der Waals surface area contributed by atoms with Crippen LogP contribution in [0, 0.1) is 6.92 Å². The number of hydrogen-bond donors (Lipinski definition) is 0. The summed E-state index contributed by atoms with van der Waals surface area (Å²) in [7, 11) is 4.05. The maximum Gasteiger partial charge on any atom is 0.118 e. The summed E-state index contributed by atoms with van der Waals surface area (Å²) in [6.07, 6.45) is 3.82. The topological polar surface area (TPSA) is 17.4 Å². The molecule has 0 aliphatic carbocycles. The van der Waals surface area contributed by atoms with Gasteiger partial charge in [-0.2, -0.15) is 0 Å². The summed E-state index contributed by atoms with van der Waals surface area (Å²) >= 11 is 0. The monoisotopic (exact) mass is 374 g/mol. The molecule has 3 nitrogen and oxygen atoms in total. The van der Waals surface area contributed by atoms with Gasteiger partial charge in [0, 0.05) is 41.6 Å². The minimum atomic E-state index is 0.462. The largest absolute Gasteiger partial charge is 0.497 e. The van der Waals surface area contributed by atoms with Crippen LogP contribution >= 0.6 is 0 Å². The number of likely N-dealkylation sites (N-methyl/N-ethyl adjacent to an activating group) is 1. The highest BCUT2D eigenvalue weighted by atomic mass is 16.5. The first kappa shape index (κ1) is 17.8. The predicted octanol–water partition coefficient (Wildman–Crippen LogP) is 5.45. The van der Waals surface area contributed by atoms with Crippen LogP contribution in [0.4, 0.5) is 0 Å². The van der Waals surface area contributed by atoms with Crippen LogP contribution in [0.2, 0.25) is 0 Å². The molecule has 2 bridgehead atoms. The Kier molecular flexibility index (Phi) is 4.24. The van der Waals surface area contributed by atoms with E-state index >= 15 is 0 Å². The highest BCUT2D eigenvalue weighted by molar-refractivity contribution is 5.87. The van der Waals surface area contributed by atoms with Crippen molar-refractivity contribution in [2.75, 3.05) is 14.2 Å². The van der Waals surface area contributed by atoms with E-state index in [-0.39, 0.29) is 0 Å². The number of hydrogen-bond acceptors (Lipinski definition) is 2. The lowest BCUT2D eigenvalue weighted by Gasteiger charge is -2.32. The van der Waals surface area contributed by atoms with Gasteiger partial charge < -0.3 is 9.30 Å². The molecule has 1 saturated heterocycles. The molecule has 3 aromatic rings. The third kappa shape index (κ3) is 2.68. The molecule has 146 valence electrons. The van der Waals surface area contributed by atoms with Crippen LogP contribution in [0.1, 0.15) is 54.1 Å². The van der Waals surface area contributed by atoms with Gasteiger partial charge in [-0.1, -0.05) is 30.7 Å². The van der Waals surface area contributed by atoms with Gasteiger partial charge in [0.1, 0.15) is 5.75 Å². The fraction of sp³-hybridized carbons (Fsp3) is 0.440. The molecule has 0 N–H and O–H groups in total. The Morgan fingerprint density at radius 2 is 1.89 bits per heavy atom. The number of ether oxygens (including phenoxy) is 1. The van der Waals surface area contributed by atoms with E-state index in [1.165, 1.54) is 41.3 Å². The zero-order valence-corrected chi connectivity index (χ0v) is 17.4. The highest BCUT2D eigenvalue weighted by Gasteiger charge is 2.40. The summed E-state index contributed by atoms with van der Waals surface area (Å²) in [5.41, 5.74) is 7.35. The second kappa shape index (κ2) is 6.66. The third-order valence-corrected chi connectivity index (χ3v) is 7.11. The van der Waals surface area contributed by atoms with Gasteiger partial charge in [-0.25, -0.2) is 0 Å². The van der Waals surface area contributed by atoms with E-state index in [1.54, 1.807) is 18.4 Å². The molecule has 3 atom stereocenters. The van der Waals surface area contributed by atoms with Crippen LogP contribution < -0.4 is 4.74 Å². The van der Waals surface area contributed by atoms with Crippen LogP contribution in [0.5, 0.6) is 5.75 Å². The van der Waals surface area contributed by atoms with E-state index in [1.807, 2.05) is 0 Å². The van der Waals surface area contributed by atoms with Crippen molar-refractivity contribution in [3.05, 3.63) is 64.8 Å². The molecule has 28 heavy (non-hydrogen) atoms. The van der Waals surface area contributed by atoms with Crippen LogP contribution in [0.3, 0.4) is 0 Å². The molecule has 2 aliphatic rings. The number of rotatable bonds is 4. The van der Waals surface area contributed by atoms with E-state index in [0.29, 0.717) is 18.0 Å². The van der Waals surface area contributed by atoms with Crippen LogP contribution in [0.15, 0.2) is 42.5 Å². The van der Waals surface area contributed by atoms with Gasteiger partial charge in [0.25, 0.3) is 0 Å². The first-order valence-corrected chi connectivity index (χ1v) is 10.5. The Hall–Kier alpha value is -2.26. The summed E-state index contributed by atoms with van der Waals surface area (Å²) in [6, 6.07) is 16.9. The standard InChI is InChI=1S/C25H30N2O/c1-16-5-11-22-21(13-16)25-23-12-8-19(26(23)3)14-24(25)27(22)15-17(2)18-6-9-20(28-4)10-7-18/h5-7,9-11,13,17,19,23H,8,12,14-15H2,1-4H3/t17-,19?,23?/m0/s1.